The number of hydrogen-bond donors (Lipinski definition) is 1. The Hall–Kier alpha value is -2.19. The summed E-state index contributed by atoms with van der Waals surface area (Å²) in [5, 5.41) is 6.70. The Morgan fingerprint density at radius 2 is 1.89 bits per heavy atom. The van der Waals surface area contributed by atoms with Crippen molar-refractivity contribution in [2.45, 2.75) is 50.5 Å². The summed E-state index contributed by atoms with van der Waals surface area (Å²) in [7, 11) is -3.49. The molecule has 1 aromatic heterocycles. The molecule has 1 heterocycles. The van der Waals surface area contributed by atoms with E-state index in [1.54, 1.807) is 30.3 Å². The van der Waals surface area contributed by atoms with Gasteiger partial charge in [0, 0.05) is 25.1 Å². The highest BCUT2D eigenvalue weighted by Crippen LogP contribution is 2.40. The van der Waals surface area contributed by atoms with Crippen LogP contribution in [0.1, 0.15) is 67.4 Å². The van der Waals surface area contributed by atoms with Crippen molar-refractivity contribution in [3.8, 4) is 0 Å². The molecule has 3 rings (SSSR count). The van der Waals surface area contributed by atoms with Gasteiger partial charge in [-0.1, -0.05) is 31.1 Å². The Morgan fingerprint density at radius 3 is 2.44 bits per heavy atom. The van der Waals surface area contributed by atoms with Gasteiger partial charge >= 0.3 is 0 Å². The number of benzene rings is 1. The maximum atomic E-state index is 12.5. The molecule has 146 valence electrons. The average Bonchev–Trinajstić information content (AvgIpc) is 3.39. The van der Waals surface area contributed by atoms with Crippen LogP contribution < -0.4 is 5.32 Å². The van der Waals surface area contributed by atoms with Crippen LogP contribution in [0.15, 0.2) is 39.8 Å². The fourth-order valence-electron chi connectivity index (χ4n) is 2.95. The number of nitrogens with zero attached hydrogens (tertiary/aromatic N) is 2. The van der Waals surface area contributed by atoms with Crippen LogP contribution in [-0.4, -0.2) is 36.9 Å². The van der Waals surface area contributed by atoms with Crippen LogP contribution in [0.2, 0.25) is 0 Å². The van der Waals surface area contributed by atoms with E-state index < -0.39 is 10.0 Å². The quantitative estimate of drug-likeness (QED) is 0.746. The van der Waals surface area contributed by atoms with Crippen molar-refractivity contribution in [3.05, 3.63) is 47.3 Å². The summed E-state index contributed by atoms with van der Waals surface area (Å²) in [6, 6.07) is 8.00. The second-order valence-electron chi connectivity index (χ2n) is 6.74. The maximum absolute atomic E-state index is 12.5. The van der Waals surface area contributed by atoms with Gasteiger partial charge in [0.05, 0.1) is 10.9 Å². The van der Waals surface area contributed by atoms with Crippen LogP contribution in [0.5, 0.6) is 0 Å². The van der Waals surface area contributed by atoms with Crippen molar-refractivity contribution in [3.63, 3.8) is 0 Å². The van der Waals surface area contributed by atoms with Crippen LogP contribution in [0.4, 0.5) is 0 Å². The Kier molecular flexibility index (Phi) is 5.67. The third-order valence-electron chi connectivity index (χ3n) is 4.81. The van der Waals surface area contributed by atoms with Gasteiger partial charge in [0.1, 0.15) is 5.76 Å². The summed E-state index contributed by atoms with van der Waals surface area (Å²) in [5.74, 6) is 0.855. The first-order valence-corrected chi connectivity index (χ1v) is 10.7. The summed E-state index contributed by atoms with van der Waals surface area (Å²) in [5.41, 5.74) is 1.08. The molecule has 27 heavy (non-hydrogen) atoms. The van der Waals surface area contributed by atoms with E-state index in [9.17, 15) is 13.2 Å². The molecule has 8 heteroatoms. The molecule has 1 saturated carbocycles. The standard InChI is InChI=1S/C19H25N3O4S/c1-4-22(5-2)27(24,25)16-10-8-14(9-11-16)13(3)20-19(23)17-12-18(26-21-17)15-6-7-15/h8-13,15H,4-7H2,1-3H3,(H,20,23). The summed E-state index contributed by atoms with van der Waals surface area (Å²) in [4.78, 5) is 12.6. The molecule has 1 atom stereocenters. The minimum absolute atomic E-state index is 0.249. The number of amides is 1. The van der Waals surface area contributed by atoms with Crippen LogP contribution in [-0.2, 0) is 10.0 Å². The second kappa shape index (κ2) is 7.82. The van der Waals surface area contributed by atoms with E-state index in [4.69, 9.17) is 4.52 Å². The molecule has 7 nitrogen and oxygen atoms in total. The van der Waals surface area contributed by atoms with Gasteiger partial charge in [-0.2, -0.15) is 4.31 Å². The van der Waals surface area contributed by atoms with Gasteiger partial charge in [-0.3, -0.25) is 4.79 Å². The lowest BCUT2D eigenvalue weighted by Gasteiger charge is -2.19. The predicted octanol–water partition coefficient (Wildman–Crippen LogP) is 3.07. The average molecular weight is 391 g/mol. The Labute approximate surface area is 159 Å². The summed E-state index contributed by atoms with van der Waals surface area (Å²) in [6.07, 6.45) is 2.16. The molecule has 1 fully saturated rings. The second-order valence-corrected chi connectivity index (χ2v) is 8.68. The van der Waals surface area contributed by atoms with E-state index in [0.29, 0.717) is 19.0 Å². The lowest BCUT2D eigenvalue weighted by molar-refractivity contribution is 0.0930. The normalized spacial score (nSPS) is 15.7. The molecular weight excluding hydrogens is 366 g/mol. The highest BCUT2D eigenvalue weighted by molar-refractivity contribution is 7.89. The largest absolute Gasteiger partial charge is 0.360 e. The predicted molar refractivity (Wildman–Crippen MR) is 101 cm³/mol. The topological polar surface area (TPSA) is 92.5 Å². The zero-order chi connectivity index (χ0) is 19.6. The SMILES string of the molecule is CCN(CC)S(=O)(=O)c1ccc(C(C)NC(=O)c2cc(C3CC3)on2)cc1. The molecule has 0 radical (unpaired) electrons. The van der Waals surface area contributed by atoms with E-state index in [1.165, 1.54) is 4.31 Å². The number of carbonyl (C=O) groups excluding carboxylic acids is 1. The molecule has 0 saturated heterocycles. The fourth-order valence-corrected chi connectivity index (χ4v) is 4.41. The number of hydrogen-bond acceptors (Lipinski definition) is 5. The van der Waals surface area contributed by atoms with Crippen molar-refractivity contribution >= 4 is 15.9 Å². The molecule has 1 aromatic carbocycles. The monoisotopic (exact) mass is 391 g/mol. The lowest BCUT2D eigenvalue weighted by Crippen LogP contribution is -2.30. The van der Waals surface area contributed by atoms with E-state index in [0.717, 1.165) is 24.2 Å². The van der Waals surface area contributed by atoms with Gasteiger partial charge in [0.15, 0.2) is 5.69 Å². The molecular formula is C19H25N3O4S. The van der Waals surface area contributed by atoms with Gasteiger partial charge in [-0.15, -0.1) is 0 Å². The lowest BCUT2D eigenvalue weighted by atomic mass is 10.1. The minimum atomic E-state index is -3.49. The van der Waals surface area contributed by atoms with E-state index in [1.807, 2.05) is 20.8 Å². The van der Waals surface area contributed by atoms with E-state index in [2.05, 4.69) is 10.5 Å². The number of sulfonamides is 1. The van der Waals surface area contributed by atoms with Crippen LogP contribution in [0, 0.1) is 0 Å². The third kappa shape index (κ3) is 4.22. The highest BCUT2D eigenvalue weighted by Gasteiger charge is 2.29. The van der Waals surface area contributed by atoms with E-state index in [-0.39, 0.29) is 22.5 Å². The number of carbonyl (C=O) groups is 1. The van der Waals surface area contributed by atoms with Gasteiger partial charge < -0.3 is 9.84 Å². The summed E-state index contributed by atoms with van der Waals surface area (Å²) in [6.45, 7) is 6.31. The molecule has 1 aliphatic rings. The first-order valence-electron chi connectivity index (χ1n) is 9.24. The maximum Gasteiger partial charge on any atom is 0.273 e. The van der Waals surface area contributed by atoms with Crippen LogP contribution in [0.3, 0.4) is 0 Å². The number of nitrogens with one attached hydrogen (secondary N) is 1. The van der Waals surface area contributed by atoms with Crippen molar-refractivity contribution in [1.82, 2.24) is 14.8 Å². The third-order valence-corrected chi connectivity index (χ3v) is 6.88. The first kappa shape index (κ1) is 19.6. The smallest absolute Gasteiger partial charge is 0.273 e. The van der Waals surface area contributed by atoms with Gasteiger partial charge in [-0.05, 0) is 37.5 Å². The van der Waals surface area contributed by atoms with Crippen molar-refractivity contribution < 1.29 is 17.7 Å². The molecule has 1 N–H and O–H groups in total. The zero-order valence-electron chi connectivity index (χ0n) is 15.8. The Morgan fingerprint density at radius 1 is 1.26 bits per heavy atom. The molecule has 1 aliphatic carbocycles. The van der Waals surface area contributed by atoms with Gasteiger partial charge in [-0.25, -0.2) is 8.42 Å². The van der Waals surface area contributed by atoms with Crippen molar-refractivity contribution in [2.24, 2.45) is 0 Å². The summed E-state index contributed by atoms with van der Waals surface area (Å²) >= 11 is 0. The molecule has 0 spiro atoms. The number of aromatic nitrogens is 1. The Bertz CT molecular complexity index is 897. The van der Waals surface area contributed by atoms with Gasteiger partial charge in [0.2, 0.25) is 10.0 Å². The minimum Gasteiger partial charge on any atom is -0.360 e. The Balaban J connectivity index is 1.67. The highest BCUT2D eigenvalue weighted by atomic mass is 32.2. The van der Waals surface area contributed by atoms with E-state index >= 15 is 0 Å². The van der Waals surface area contributed by atoms with Gasteiger partial charge in [0.25, 0.3) is 5.91 Å². The summed E-state index contributed by atoms with van der Waals surface area (Å²) < 4.78 is 31.7. The van der Waals surface area contributed by atoms with Crippen LogP contribution in [0.25, 0.3) is 0 Å². The number of rotatable bonds is 8. The molecule has 2 aromatic rings. The fraction of sp³-hybridized carbons (Fsp3) is 0.474. The van der Waals surface area contributed by atoms with Crippen molar-refractivity contribution in [1.29, 1.82) is 0 Å². The molecule has 1 amide bonds. The molecule has 0 bridgehead atoms. The molecule has 1 unspecified atom stereocenters. The van der Waals surface area contributed by atoms with Crippen LogP contribution >= 0.6 is 0 Å². The molecule has 0 aliphatic heterocycles. The van der Waals surface area contributed by atoms with Crippen molar-refractivity contribution in [2.75, 3.05) is 13.1 Å². The first-order chi connectivity index (χ1) is 12.9. The zero-order valence-corrected chi connectivity index (χ0v) is 16.6.